The number of aromatic nitrogens is 4. The molecule has 198 valence electrons. The number of benzene rings is 2. The Morgan fingerprint density at radius 3 is 2.79 bits per heavy atom. The zero-order valence-corrected chi connectivity index (χ0v) is 22.3. The molecule has 0 aliphatic carbocycles. The van der Waals surface area contributed by atoms with E-state index in [1.165, 1.54) is 42.7 Å². The summed E-state index contributed by atoms with van der Waals surface area (Å²) < 4.78 is 36.5. The number of rotatable bonds is 4. The molecule has 13 heteroatoms. The van der Waals surface area contributed by atoms with Gasteiger partial charge >= 0.3 is 6.09 Å². The first-order chi connectivity index (χ1) is 18.8. The summed E-state index contributed by atoms with van der Waals surface area (Å²) >= 11 is 7.80. The first-order valence-electron chi connectivity index (χ1n) is 11.6. The number of thiazole rings is 1. The molecule has 5 aromatic rings. The van der Waals surface area contributed by atoms with Crippen LogP contribution in [0.1, 0.15) is 5.56 Å². The lowest BCUT2D eigenvalue weighted by Gasteiger charge is -2.28. The summed E-state index contributed by atoms with van der Waals surface area (Å²) in [6.45, 7) is 1.87. The van der Waals surface area contributed by atoms with Crippen molar-refractivity contribution in [3.05, 3.63) is 59.3 Å². The normalized spacial score (nSPS) is 14.4. The average molecular weight is 568 g/mol. The molecule has 6 rings (SSSR count). The van der Waals surface area contributed by atoms with Gasteiger partial charge in [0.25, 0.3) is 6.29 Å². The van der Waals surface area contributed by atoms with E-state index in [9.17, 15) is 9.18 Å². The summed E-state index contributed by atoms with van der Waals surface area (Å²) in [6, 6.07) is 7.88. The molecule has 39 heavy (non-hydrogen) atoms. The Labute approximate surface area is 229 Å². The Balaban J connectivity index is 1.30. The van der Waals surface area contributed by atoms with Gasteiger partial charge in [0.15, 0.2) is 18.1 Å². The van der Waals surface area contributed by atoms with Crippen LogP contribution < -0.4 is 19.1 Å². The number of anilines is 1. The minimum absolute atomic E-state index is 0.0367. The van der Waals surface area contributed by atoms with E-state index >= 15 is 0 Å². The van der Waals surface area contributed by atoms with Crippen molar-refractivity contribution in [2.24, 2.45) is 0 Å². The lowest BCUT2D eigenvalue weighted by atomic mass is 10.1. The topological polar surface area (TPSA) is 109 Å². The summed E-state index contributed by atoms with van der Waals surface area (Å²) in [7, 11) is 3.01. The molecule has 2 aromatic carbocycles. The third-order valence-electron chi connectivity index (χ3n) is 6.03. The largest absolute Gasteiger partial charge is 0.480 e. The van der Waals surface area contributed by atoms with Gasteiger partial charge in [-0.15, -0.1) is 11.3 Å². The molecule has 1 aliphatic heterocycles. The molecule has 0 fully saturated rings. The molecule has 0 saturated carbocycles. The first kappa shape index (κ1) is 25.0. The molecule has 1 atom stereocenters. The minimum Gasteiger partial charge on any atom is -0.480 e. The molecule has 1 aliphatic rings. The smallest absolute Gasteiger partial charge is 0.417 e. The number of halogens is 2. The molecule has 0 saturated heterocycles. The number of fused-ring (bicyclic) bond motifs is 4. The Bertz CT molecular complexity index is 1750. The van der Waals surface area contributed by atoms with Gasteiger partial charge in [-0.3, -0.25) is 4.90 Å². The van der Waals surface area contributed by atoms with Crippen molar-refractivity contribution < 1.29 is 28.1 Å². The van der Waals surface area contributed by atoms with Crippen LogP contribution in [0.3, 0.4) is 0 Å². The molecule has 4 heterocycles. The number of nitrogens with zero attached hydrogens (tertiary/aromatic N) is 5. The van der Waals surface area contributed by atoms with Crippen molar-refractivity contribution in [3.8, 4) is 28.0 Å². The van der Waals surface area contributed by atoms with E-state index in [1.54, 1.807) is 24.4 Å². The molecule has 1 amide bonds. The second kappa shape index (κ2) is 9.79. The number of pyridine rings is 1. The number of carbonyl (C=O) groups is 1. The second-order valence-corrected chi connectivity index (χ2v) is 10.0. The zero-order valence-electron chi connectivity index (χ0n) is 20.8. The van der Waals surface area contributed by atoms with Crippen molar-refractivity contribution in [3.63, 3.8) is 0 Å². The SMILES string of the molecule is COc1cnc2c(-c3nc4c(C)cc5c(c4s3)OCC(OC(=O)N(C)c3ccc(F)nc3)O5)cc(Cl)cc2n1. The van der Waals surface area contributed by atoms with E-state index in [0.29, 0.717) is 44.1 Å². The van der Waals surface area contributed by atoms with Crippen molar-refractivity contribution in [2.45, 2.75) is 13.2 Å². The minimum atomic E-state index is -0.993. The van der Waals surface area contributed by atoms with Crippen LogP contribution in [-0.2, 0) is 4.74 Å². The number of amides is 1. The molecule has 0 radical (unpaired) electrons. The average Bonchev–Trinajstić information content (AvgIpc) is 3.38. The third-order valence-corrected chi connectivity index (χ3v) is 7.34. The van der Waals surface area contributed by atoms with Crippen molar-refractivity contribution >= 4 is 56.0 Å². The highest BCUT2D eigenvalue weighted by molar-refractivity contribution is 7.22. The second-order valence-electron chi connectivity index (χ2n) is 8.59. The van der Waals surface area contributed by atoms with E-state index in [1.807, 2.05) is 6.92 Å². The van der Waals surface area contributed by atoms with Crippen molar-refractivity contribution in [1.29, 1.82) is 0 Å². The Hall–Kier alpha value is -4.29. The highest BCUT2D eigenvalue weighted by Crippen LogP contribution is 2.46. The summed E-state index contributed by atoms with van der Waals surface area (Å²) in [5.41, 5.74) is 3.89. The molecule has 10 nitrogen and oxygen atoms in total. The summed E-state index contributed by atoms with van der Waals surface area (Å²) in [5, 5.41) is 1.17. The van der Waals surface area contributed by atoms with Gasteiger partial charge in [0.2, 0.25) is 11.8 Å². The Morgan fingerprint density at radius 1 is 1.18 bits per heavy atom. The predicted octanol–water partition coefficient (Wildman–Crippen LogP) is 5.78. The standard InChI is InChI=1S/C26H19ClFN5O5S/c1-12-6-17-23(36-11-20(37-17)38-26(34)33(2)14-4-5-18(28)29-9-14)24-21(12)32-25(39-24)15-7-13(27)8-16-22(15)30-10-19(31-16)35-3/h4-10,20H,11H2,1-3H3. The molecule has 0 N–H and O–H groups in total. The molecule has 3 aromatic heterocycles. The number of aryl methyl sites for hydroxylation is 1. The molecule has 0 bridgehead atoms. The van der Waals surface area contributed by atoms with Crippen LogP contribution in [-0.4, -0.2) is 53.1 Å². The van der Waals surface area contributed by atoms with Gasteiger partial charge < -0.3 is 18.9 Å². The van der Waals surface area contributed by atoms with Crippen LogP contribution in [0.4, 0.5) is 14.9 Å². The highest BCUT2D eigenvalue weighted by Gasteiger charge is 2.30. The lowest BCUT2D eigenvalue weighted by molar-refractivity contribution is -0.0718. The van der Waals surface area contributed by atoms with Crippen LogP contribution in [0.15, 0.2) is 42.7 Å². The van der Waals surface area contributed by atoms with Gasteiger partial charge in [0.1, 0.15) is 9.71 Å². The van der Waals surface area contributed by atoms with Crippen molar-refractivity contribution in [1.82, 2.24) is 19.9 Å². The van der Waals surface area contributed by atoms with Gasteiger partial charge in [-0.2, -0.15) is 4.39 Å². The molecular formula is C26H19ClFN5O5S. The van der Waals surface area contributed by atoms with Crippen LogP contribution in [0.25, 0.3) is 31.8 Å². The van der Waals surface area contributed by atoms with Crippen LogP contribution >= 0.6 is 22.9 Å². The molecule has 1 unspecified atom stereocenters. The zero-order chi connectivity index (χ0) is 27.3. The summed E-state index contributed by atoms with van der Waals surface area (Å²) in [4.78, 5) is 31.2. The monoisotopic (exact) mass is 567 g/mol. The fourth-order valence-corrected chi connectivity index (χ4v) is 5.47. The Morgan fingerprint density at radius 2 is 2.03 bits per heavy atom. The highest BCUT2D eigenvalue weighted by atomic mass is 35.5. The number of hydrogen-bond donors (Lipinski definition) is 0. The fourth-order valence-electron chi connectivity index (χ4n) is 4.11. The predicted molar refractivity (Wildman–Crippen MR) is 143 cm³/mol. The quantitative estimate of drug-likeness (QED) is 0.250. The summed E-state index contributed by atoms with van der Waals surface area (Å²) in [5.74, 6) is 0.657. The van der Waals surface area contributed by atoms with E-state index in [2.05, 4.69) is 15.0 Å². The van der Waals surface area contributed by atoms with Crippen LogP contribution in [0.2, 0.25) is 5.02 Å². The van der Waals surface area contributed by atoms with Crippen molar-refractivity contribution in [2.75, 3.05) is 25.7 Å². The fraction of sp³-hybridized carbons (Fsp3) is 0.192. The number of carbonyl (C=O) groups excluding carboxylic acids is 1. The maximum absolute atomic E-state index is 13.1. The summed E-state index contributed by atoms with van der Waals surface area (Å²) in [6.07, 6.45) is 1.08. The van der Waals surface area contributed by atoms with Gasteiger partial charge in [-0.05, 0) is 42.8 Å². The lowest BCUT2D eigenvalue weighted by Crippen LogP contribution is -2.38. The van der Waals surface area contributed by atoms with Crippen LogP contribution in [0, 0.1) is 12.9 Å². The van der Waals surface area contributed by atoms with Gasteiger partial charge in [-0.25, -0.2) is 24.7 Å². The Kier molecular flexibility index (Phi) is 6.28. The number of methoxy groups -OCH3 is 1. The van der Waals surface area contributed by atoms with E-state index < -0.39 is 18.3 Å². The molecule has 0 spiro atoms. The van der Waals surface area contributed by atoms with Gasteiger partial charge in [-0.1, -0.05) is 11.6 Å². The number of ether oxygens (including phenoxy) is 4. The van der Waals surface area contributed by atoms with Gasteiger partial charge in [0, 0.05) is 17.6 Å². The maximum atomic E-state index is 13.1. The first-order valence-corrected chi connectivity index (χ1v) is 12.8. The maximum Gasteiger partial charge on any atom is 0.417 e. The third kappa shape index (κ3) is 4.61. The van der Waals surface area contributed by atoms with Gasteiger partial charge in [0.05, 0.1) is 41.7 Å². The number of hydrogen-bond acceptors (Lipinski definition) is 10. The van der Waals surface area contributed by atoms with E-state index in [-0.39, 0.29) is 6.61 Å². The van der Waals surface area contributed by atoms with E-state index in [0.717, 1.165) is 27.4 Å². The van der Waals surface area contributed by atoms with E-state index in [4.69, 9.17) is 35.5 Å². The van der Waals surface area contributed by atoms with Crippen LogP contribution in [0.5, 0.6) is 17.4 Å². The molecular weight excluding hydrogens is 549 g/mol.